The van der Waals surface area contributed by atoms with E-state index in [1.54, 1.807) is 0 Å². The number of halogens is 1. The van der Waals surface area contributed by atoms with Gasteiger partial charge in [-0.3, -0.25) is 4.90 Å². The molecule has 1 atom stereocenters. The molecule has 1 aromatic carbocycles. The Balaban J connectivity index is 2.09. The minimum Gasteiger partial charge on any atom is -0.329 e. The minimum atomic E-state index is 0.327. The summed E-state index contributed by atoms with van der Waals surface area (Å²) in [5.41, 5.74) is 8.67. The van der Waals surface area contributed by atoms with Gasteiger partial charge in [0.25, 0.3) is 0 Å². The van der Waals surface area contributed by atoms with Crippen molar-refractivity contribution < 1.29 is 0 Å². The number of likely N-dealkylation sites (tertiary alicyclic amines) is 1. The van der Waals surface area contributed by atoms with Crippen LogP contribution in [0.3, 0.4) is 0 Å². The molecule has 0 aromatic heterocycles. The molecule has 0 radical (unpaired) electrons. The lowest BCUT2D eigenvalue weighted by atomic mass is 9.98. The Hall–Kier alpha value is -0.420. The van der Waals surface area contributed by atoms with Crippen molar-refractivity contribution in [2.45, 2.75) is 31.8 Å². The Labute approximate surface area is 131 Å². The molecule has 2 N–H and O–H groups in total. The lowest BCUT2D eigenvalue weighted by Crippen LogP contribution is -2.45. The van der Waals surface area contributed by atoms with Gasteiger partial charge in [-0.05, 0) is 51.1 Å². The van der Waals surface area contributed by atoms with Gasteiger partial charge in [-0.15, -0.1) is 0 Å². The molecule has 1 aliphatic heterocycles. The molecule has 1 unspecified atom stereocenters. The molecule has 112 valence electrons. The highest BCUT2D eigenvalue weighted by Crippen LogP contribution is 2.30. The summed E-state index contributed by atoms with van der Waals surface area (Å²) in [6.07, 6.45) is 2.46. The quantitative estimate of drug-likeness (QED) is 0.915. The fourth-order valence-electron chi connectivity index (χ4n) is 3.09. The number of benzene rings is 1. The molecule has 2 rings (SSSR count). The number of nitrogens with two attached hydrogens (primary N) is 1. The van der Waals surface area contributed by atoms with Crippen LogP contribution in [0.2, 0.25) is 0 Å². The van der Waals surface area contributed by atoms with Gasteiger partial charge in [0.05, 0.1) is 0 Å². The minimum absolute atomic E-state index is 0.327. The van der Waals surface area contributed by atoms with Gasteiger partial charge in [-0.25, -0.2) is 0 Å². The molecule has 0 saturated carbocycles. The zero-order valence-corrected chi connectivity index (χ0v) is 14.4. The van der Waals surface area contributed by atoms with E-state index in [0.29, 0.717) is 18.6 Å². The van der Waals surface area contributed by atoms with Crippen molar-refractivity contribution in [1.82, 2.24) is 9.80 Å². The average Bonchev–Trinajstić information content (AvgIpc) is 2.42. The standard InChI is InChI=1S/C16H26BrN3/c1-12-4-5-14(15(17)10-12)16(11-18)20-8-6-13(7-9-20)19(2)3/h4-5,10,13,16H,6-9,11,18H2,1-3H3. The zero-order valence-electron chi connectivity index (χ0n) is 12.8. The van der Waals surface area contributed by atoms with Gasteiger partial charge in [-0.1, -0.05) is 28.1 Å². The number of rotatable bonds is 4. The normalized spacial score (nSPS) is 19.5. The van der Waals surface area contributed by atoms with Gasteiger partial charge in [0.1, 0.15) is 0 Å². The van der Waals surface area contributed by atoms with Crippen molar-refractivity contribution in [2.75, 3.05) is 33.7 Å². The van der Waals surface area contributed by atoms with Crippen LogP contribution in [0.1, 0.15) is 30.0 Å². The van der Waals surface area contributed by atoms with Crippen molar-refractivity contribution in [2.24, 2.45) is 5.73 Å². The molecule has 20 heavy (non-hydrogen) atoms. The van der Waals surface area contributed by atoms with E-state index in [1.807, 2.05) is 0 Å². The molecule has 0 aliphatic carbocycles. The monoisotopic (exact) mass is 339 g/mol. The summed E-state index contributed by atoms with van der Waals surface area (Å²) in [6, 6.07) is 7.62. The van der Waals surface area contributed by atoms with Crippen molar-refractivity contribution in [3.8, 4) is 0 Å². The maximum absolute atomic E-state index is 6.06. The second-order valence-corrected chi connectivity index (χ2v) is 6.86. The summed E-state index contributed by atoms with van der Waals surface area (Å²) in [4.78, 5) is 4.88. The van der Waals surface area contributed by atoms with Gasteiger partial charge in [-0.2, -0.15) is 0 Å². The molecule has 3 nitrogen and oxygen atoms in total. The van der Waals surface area contributed by atoms with Gasteiger partial charge in [0.15, 0.2) is 0 Å². The van der Waals surface area contributed by atoms with Gasteiger partial charge in [0.2, 0.25) is 0 Å². The van der Waals surface area contributed by atoms with Crippen molar-refractivity contribution in [3.63, 3.8) is 0 Å². The van der Waals surface area contributed by atoms with E-state index >= 15 is 0 Å². The summed E-state index contributed by atoms with van der Waals surface area (Å²) in [6.45, 7) is 5.05. The molecule has 0 bridgehead atoms. The Morgan fingerprint density at radius 1 is 1.35 bits per heavy atom. The third kappa shape index (κ3) is 3.61. The summed E-state index contributed by atoms with van der Waals surface area (Å²) < 4.78 is 1.18. The second-order valence-electron chi connectivity index (χ2n) is 6.01. The largest absolute Gasteiger partial charge is 0.329 e. The highest BCUT2D eigenvalue weighted by atomic mass is 79.9. The molecular weight excluding hydrogens is 314 g/mol. The van der Waals surface area contributed by atoms with Crippen LogP contribution in [0.25, 0.3) is 0 Å². The average molecular weight is 340 g/mol. The van der Waals surface area contributed by atoms with Crippen LogP contribution in [0.15, 0.2) is 22.7 Å². The van der Waals surface area contributed by atoms with Gasteiger partial charge >= 0.3 is 0 Å². The highest BCUT2D eigenvalue weighted by molar-refractivity contribution is 9.10. The van der Waals surface area contributed by atoms with Crippen LogP contribution in [-0.4, -0.2) is 49.6 Å². The van der Waals surface area contributed by atoms with Crippen LogP contribution in [0.5, 0.6) is 0 Å². The topological polar surface area (TPSA) is 32.5 Å². The van der Waals surface area contributed by atoms with E-state index in [9.17, 15) is 0 Å². The fourth-order valence-corrected chi connectivity index (χ4v) is 3.85. The fraction of sp³-hybridized carbons (Fsp3) is 0.625. The smallest absolute Gasteiger partial charge is 0.0481 e. The number of hydrogen-bond donors (Lipinski definition) is 1. The Kier molecular flexibility index (Phi) is 5.61. The third-order valence-electron chi connectivity index (χ3n) is 4.41. The SMILES string of the molecule is Cc1ccc(C(CN)N2CCC(N(C)C)CC2)c(Br)c1. The van der Waals surface area contributed by atoms with Crippen molar-refractivity contribution in [1.29, 1.82) is 0 Å². The van der Waals surface area contributed by atoms with E-state index in [0.717, 1.165) is 13.1 Å². The maximum atomic E-state index is 6.06. The first kappa shape index (κ1) is 16.0. The van der Waals surface area contributed by atoms with Crippen LogP contribution in [0, 0.1) is 6.92 Å². The summed E-state index contributed by atoms with van der Waals surface area (Å²) in [5.74, 6) is 0. The molecular formula is C16H26BrN3. The molecule has 1 heterocycles. The van der Waals surface area contributed by atoms with E-state index in [-0.39, 0.29) is 0 Å². The summed E-state index contributed by atoms with van der Waals surface area (Å²) >= 11 is 3.70. The van der Waals surface area contributed by atoms with E-state index < -0.39 is 0 Å². The van der Waals surface area contributed by atoms with Crippen LogP contribution < -0.4 is 5.73 Å². The predicted molar refractivity (Wildman–Crippen MR) is 89.0 cm³/mol. The highest BCUT2D eigenvalue weighted by Gasteiger charge is 2.27. The number of piperidine rings is 1. The van der Waals surface area contributed by atoms with E-state index in [4.69, 9.17) is 5.73 Å². The molecule has 4 heteroatoms. The molecule has 0 amide bonds. The first-order chi connectivity index (χ1) is 9.52. The number of aryl methyl sites for hydroxylation is 1. The van der Waals surface area contributed by atoms with Crippen molar-refractivity contribution >= 4 is 15.9 Å². The van der Waals surface area contributed by atoms with Crippen LogP contribution in [0.4, 0.5) is 0 Å². The Bertz CT molecular complexity index is 439. The number of hydrogen-bond acceptors (Lipinski definition) is 3. The molecule has 1 aromatic rings. The van der Waals surface area contributed by atoms with E-state index in [2.05, 4.69) is 64.9 Å². The van der Waals surface area contributed by atoms with Crippen LogP contribution >= 0.6 is 15.9 Å². The third-order valence-corrected chi connectivity index (χ3v) is 5.10. The summed E-state index contributed by atoms with van der Waals surface area (Å²) in [5, 5.41) is 0. The first-order valence-corrected chi connectivity index (χ1v) is 8.18. The van der Waals surface area contributed by atoms with Gasteiger partial charge < -0.3 is 10.6 Å². The Morgan fingerprint density at radius 2 is 2.00 bits per heavy atom. The predicted octanol–water partition coefficient (Wildman–Crippen LogP) is 2.78. The number of nitrogens with zero attached hydrogens (tertiary/aromatic N) is 2. The Morgan fingerprint density at radius 3 is 2.50 bits per heavy atom. The van der Waals surface area contributed by atoms with Crippen LogP contribution in [-0.2, 0) is 0 Å². The zero-order chi connectivity index (χ0) is 14.7. The summed E-state index contributed by atoms with van der Waals surface area (Å²) in [7, 11) is 4.36. The maximum Gasteiger partial charge on any atom is 0.0481 e. The van der Waals surface area contributed by atoms with Crippen molar-refractivity contribution in [3.05, 3.63) is 33.8 Å². The second kappa shape index (κ2) is 7.03. The lowest BCUT2D eigenvalue weighted by Gasteiger charge is -2.39. The lowest BCUT2D eigenvalue weighted by molar-refractivity contribution is 0.110. The molecule has 0 spiro atoms. The molecule has 1 aliphatic rings. The molecule has 1 saturated heterocycles. The first-order valence-electron chi connectivity index (χ1n) is 7.39. The van der Waals surface area contributed by atoms with E-state index in [1.165, 1.54) is 28.4 Å². The van der Waals surface area contributed by atoms with Gasteiger partial charge in [0, 0.05) is 36.2 Å². The molecule has 1 fully saturated rings.